The molecule has 0 aromatic heterocycles. The summed E-state index contributed by atoms with van der Waals surface area (Å²) < 4.78 is 0. The number of carbonyl (C=O) groups is 1. The smallest absolute Gasteiger partial charge is 0.251 e. The summed E-state index contributed by atoms with van der Waals surface area (Å²) in [5.74, 6) is 0.125. The standard InChI is InChI=1S/C12H11NO2.C2H6/c1-13-12(15)10-3-2-9-7-11(14)5-4-8(9)6-10;1-2/h2-7,14H,1H3,(H,13,15);1-2H3. The Hall–Kier alpha value is -2.03. The Bertz CT molecular complexity index is 521. The lowest BCUT2D eigenvalue weighted by Crippen LogP contribution is -2.17. The molecule has 2 rings (SSSR count). The fraction of sp³-hybridized carbons (Fsp3) is 0.214. The number of hydrogen-bond acceptors (Lipinski definition) is 2. The van der Waals surface area contributed by atoms with E-state index in [0.717, 1.165) is 10.8 Å². The van der Waals surface area contributed by atoms with Gasteiger partial charge in [-0.2, -0.15) is 0 Å². The van der Waals surface area contributed by atoms with E-state index in [1.165, 1.54) is 0 Å². The van der Waals surface area contributed by atoms with E-state index in [2.05, 4.69) is 5.32 Å². The lowest BCUT2D eigenvalue weighted by molar-refractivity contribution is 0.0963. The van der Waals surface area contributed by atoms with Gasteiger partial charge in [-0.15, -0.1) is 0 Å². The lowest BCUT2D eigenvalue weighted by atomic mass is 10.1. The van der Waals surface area contributed by atoms with Crippen molar-refractivity contribution in [2.45, 2.75) is 13.8 Å². The molecule has 0 spiro atoms. The molecular weight excluding hydrogens is 214 g/mol. The van der Waals surface area contributed by atoms with Crippen LogP contribution in [0.4, 0.5) is 0 Å². The SMILES string of the molecule is CC.CNC(=O)c1ccc2cc(O)ccc2c1. The summed E-state index contributed by atoms with van der Waals surface area (Å²) in [7, 11) is 1.60. The molecule has 17 heavy (non-hydrogen) atoms. The van der Waals surface area contributed by atoms with Crippen LogP contribution in [0.1, 0.15) is 24.2 Å². The van der Waals surface area contributed by atoms with E-state index in [1.807, 2.05) is 19.9 Å². The first-order chi connectivity index (χ1) is 8.20. The number of aromatic hydroxyl groups is 1. The van der Waals surface area contributed by atoms with Gasteiger partial charge < -0.3 is 10.4 Å². The Morgan fingerprint density at radius 3 is 2.29 bits per heavy atom. The highest BCUT2D eigenvalue weighted by Crippen LogP contribution is 2.20. The summed E-state index contributed by atoms with van der Waals surface area (Å²) >= 11 is 0. The van der Waals surface area contributed by atoms with Crippen molar-refractivity contribution in [3.63, 3.8) is 0 Å². The average Bonchev–Trinajstić information content (AvgIpc) is 2.39. The van der Waals surface area contributed by atoms with Gasteiger partial charge in [0.1, 0.15) is 5.75 Å². The number of benzene rings is 2. The molecule has 0 aliphatic rings. The van der Waals surface area contributed by atoms with E-state index in [4.69, 9.17) is 0 Å². The van der Waals surface area contributed by atoms with Gasteiger partial charge in [0.05, 0.1) is 0 Å². The minimum absolute atomic E-state index is 0.107. The van der Waals surface area contributed by atoms with E-state index in [0.29, 0.717) is 5.56 Å². The van der Waals surface area contributed by atoms with Gasteiger partial charge in [0.2, 0.25) is 0 Å². The third-order valence-corrected chi connectivity index (χ3v) is 2.31. The van der Waals surface area contributed by atoms with Crippen LogP contribution >= 0.6 is 0 Å². The third kappa shape index (κ3) is 2.97. The Morgan fingerprint density at radius 1 is 1.06 bits per heavy atom. The van der Waals surface area contributed by atoms with Gasteiger partial charge in [-0.1, -0.05) is 26.0 Å². The van der Waals surface area contributed by atoms with Crippen molar-refractivity contribution in [1.29, 1.82) is 0 Å². The third-order valence-electron chi connectivity index (χ3n) is 2.31. The van der Waals surface area contributed by atoms with Crippen molar-refractivity contribution in [2.75, 3.05) is 7.05 Å². The molecule has 90 valence electrons. The van der Waals surface area contributed by atoms with Gasteiger partial charge in [-0.05, 0) is 35.0 Å². The Balaban J connectivity index is 0.000000686. The summed E-state index contributed by atoms with van der Waals surface area (Å²) in [5.41, 5.74) is 0.621. The molecule has 3 heteroatoms. The summed E-state index contributed by atoms with van der Waals surface area (Å²) in [5, 5.41) is 13.7. The predicted octanol–water partition coefficient (Wildman–Crippen LogP) is 2.93. The molecule has 0 radical (unpaired) electrons. The minimum Gasteiger partial charge on any atom is -0.508 e. The second-order valence-corrected chi connectivity index (χ2v) is 3.33. The molecule has 0 bridgehead atoms. The number of rotatable bonds is 1. The maximum atomic E-state index is 11.4. The highest BCUT2D eigenvalue weighted by Gasteiger charge is 2.03. The highest BCUT2D eigenvalue weighted by molar-refractivity contribution is 5.98. The molecule has 0 atom stereocenters. The van der Waals surface area contributed by atoms with E-state index in [-0.39, 0.29) is 11.7 Å². The van der Waals surface area contributed by atoms with Crippen LogP contribution in [0.2, 0.25) is 0 Å². The largest absolute Gasteiger partial charge is 0.508 e. The van der Waals surface area contributed by atoms with Crippen LogP contribution in [-0.4, -0.2) is 18.1 Å². The van der Waals surface area contributed by atoms with E-state index >= 15 is 0 Å². The summed E-state index contributed by atoms with van der Waals surface area (Å²) in [4.78, 5) is 11.4. The number of hydrogen-bond donors (Lipinski definition) is 2. The molecule has 0 fully saturated rings. The molecule has 2 aromatic carbocycles. The summed E-state index contributed by atoms with van der Waals surface area (Å²) in [6, 6.07) is 10.4. The summed E-state index contributed by atoms with van der Waals surface area (Å²) in [6.07, 6.45) is 0. The van der Waals surface area contributed by atoms with Gasteiger partial charge in [-0.3, -0.25) is 4.79 Å². The maximum Gasteiger partial charge on any atom is 0.251 e. The fourth-order valence-electron chi connectivity index (χ4n) is 1.52. The summed E-state index contributed by atoms with van der Waals surface area (Å²) in [6.45, 7) is 4.00. The number of carbonyl (C=O) groups excluding carboxylic acids is 1. The van der Waals surface area contributed by atoms with Crippen LogP contribution in [0.3, 0.4) is 0 Å². The van der Waals surface area contributed by atoms with Gasteiger partial charge in [0.15, 0.2) is 0 Å². The van der Waals surface area contributed by atoms with Crippen molar-refractivity contribution < 1.29 is 9.90 Å². The molecule has 0 saturated heterocycles. The molecule has 0 unspecified atom stereocenters. The topological polar surface area (TPSA) is 49.3 Å². The van der Waals surface area contributed by atoms with Crippen LogP contribution in [0.15, 0.2) is 36.4 Å². The molecule has 2 aromatic rings. The average molecular weight is 231 g/mol. The monoisotopic (exact) mass is 231 g/mol. The predicted molar refractivity (Wildman–Crippen MR) is 70.4 cm³/mol. The molecule has 2 N–H and O–H groups in total. The van der Waals surface area contributed by atoms with Crippen LogP contribution < -0.4 is 5.32 Å². The molecular formula is C14H17NO2. The zero-order valence-electron chi connectivity index (χ0n) is 10.3. The first-order valence-electron chi connectivity index (χ1n) is 5.65. The van der Waals surface area contributed by atoms with Gasteiger partial charge in [0, 0.05) is 12.6 Å². The molecule has 0 saturated carbocycles. The quantitative estimate of drug-likeness (QED) is 0.792. The second kappa shape index (κ2) is 5.89. The molecule has 1 amide bonds. The second-order valence-electron chi connectivity index (χ2n) is 3.33. The molecule has 0 aliphatic heterocycles. The normalized spacial score (nSPS) is 9.35. The molecule has 0 aliphatic carbocycles. The zero-order valence-corrected chi connectivity index (χ0v) is 10.3. The first-order valence-corrected chi connectivity index (χ1v) is 5.65. The zero-order chi connectivity index (χ0) is 12.8. The van der Waals surface area contributed by atoms with Crippen molar-refractivity contribution in [2.24, 2.45) is 0 Å². The number of phenolic OH excluding ortho intramolecular Hbond substituents is 1. The van der Waals surface area contributed by atoms with Crippen LogP contribution in [-0.2, 0) is 0 Å². The number of nitrogens with one attached hydrogen (secondary N) is 1. The highest BCUT2D eigenvalue weighted by atomic mass is 16.3. The first kappa shape index (κ1) is 13.0. The Labute approximate surface area is 101 Å². The number of amides is 1. The van der Waals surface area contributed by atoms with Crippen LogP contribution in [0, 0.1) is 0 Å². The van der Waals surface area contributed by atoms with Gasteiger partial charge >= 0.3 is 0 Å². The van der Waals surface area contributed by atoms with Crippen LogP contribution in [0.5, 0.6) is 5.75 Å². The van der Waals surface area contributed by atoms with Crippen molar-refractivity contribution >= 4 is 16.7 Å². The van der Waals surface area contributed by atoms with Crippen molar-refractivity contribution in [3.8, 4) is 5.75 Å². The number of phenols is 1. The Morgan fingerprint density at radius 2 is 1.65 bits per heavy atom. The van der Waals surface area contributed by atoms with Gasteiger partial charge in [0.25, 0.3) is 5.91 Å². The fourth-order valence-corrected chi connectivity index (χ4v) is 1.52. The van der Waals surface area contributed by atoms with Gasteiger partial charge in [-0.25, -0.2) is 0 Å². The molecule has 0 heterocycles. The van der Waals surface area contributed by atoms with E-state index in [1.54, 1.807) is 37.4 Å². The molecule has 3 nitrogen and oxygen atoms in total. The number of fused-ring (bicyclic) bond motifs is 1. The maximum absolute atomic E-state index is 11.4. The Kier molecular flexibility index (Phi) is 4.52. The van der Waals surface area contributed by atoms with E-state index < -0.39 is 0 Å². The van der Waals surface area contributed by atoms with Crippen LogP contribution in [0.25, 0.3) is 10.8 Å². The van der Waals surface area contributed by atoms with E-state index in [9.17, 15) is 9.90 Å². The van der Waals surface area contributed by atoms with Crippen molar-refractivity contribution in [3.05, 3.63) is 42.0 Å². The lowest BCUT2D eigenvalue weighted by Gasteiger charge is -2.02. The van der Waals surface area contributed by atoms with Crippen molar-refractivity contribution in [1.82, 2.24) is 5.32 Å². The minimum atomic E-state index is -0.107.